The van der Waals surface area contributed by atoms with Crippen molar-refractivity contribution in [2.45, 2.75) is 88.3 Å². The number of aryl methyl sites for hydroxylation is 1. The maximum atomic E-state index is 13.9. The van der Waals surface area contributed by atoms with Crippen molar-refractivity contribution in [2.75, 3.05) is 0 Å². The van der Waals surface area contributed by atoms with Crippen molar-refractivity contribution in [1.82, 2.24) is 0 Å². The molecule has 0 saturated heterocycles. The van der Waals surface area contributed by atoms with Crippen molar-refractivity contribution in [3.8, 4) is 0 Å². The van der Waals surface area contributed by atoms with Gasteiger partial charge in [0.05, 0.1) is 12.7 Å². The van der Waals surface area contributed by atoms with Gasteiger partial charge in [0, 0.05) is 9.49 Å². The molecule has 1 aromatic rings. The summed E-state index contributed by atoms with van der Waals surface area (Å²) in [4.78, 5) is 0. The number of halogens is 3. The van der Waals surface area contributed by atoms with E-state index < -0.39 is 11.6 Å². The van der Waals surface area contributed by atoms with Crippen LogP contribution in [0.2, 0.25) is 0 Å². The summed E-state index contributed by atoms with van der Waals surface area (Å²) >= 11 is 2.58. The molecule has 1 saturated carbocycles. The van der Waals surface area contributed by atoms with Crippen molar-refractivity contribution < 1.29 is 13.5 Å². The Morgan fingerprint density at radius 1 is 1.12 bits per heavy atom. The van der Waals surface area contributed by atoms with Crippen LogP contribution in [0.5, 0.6) is 0 Å². The van der Waals surface area contributed by atoms with Crippen LogP contribution >= 0.6 is 22.6 Å². The Morgan fingerprint density at radius 2 is 1.84 bits per heavy atom. The van der Waals surface area contributed by atoms with Crippen LogP contribution in [0.1, 0.15) is 75.8 Å². The molecule has 0 amide bonds. The molecule has 0 N–H and O–H groups in total. The first-order chi connectivity index (χ1) is 12.0. The highest BCUT2D eigenvalue weighted by Crippen LogP contribution is 2.31. The van der Waals surface area contributed by atoms with E-state index in [1.807, 2.05) is 0 Å². The zero-order valence-electron chi connectivity index (χ0n) is 15.5. The smallest absolute Gasteiger partial charge is 0.164 e. The summed E-state index contributed by atoms with van der Waals surface area (Å²) in [7, 11) is 0. The number of hydrogen-bond acceptors (Lipinski definition) is 1. The van der Waals surface area contributed by atoms with Crippen LogP contribution in [0.3, 0.4) is 0 Å². The summed E-state index contributed by atoms with van der Waals surface area (Å²) in [5, 5.41) is 0. The fraction of sp³-hybridized carbons (Fsp3) is 0.714. The molecule has 1 fully saturated rings. The SMILES string of the molecule is CCCC(I)CCCC1CCC(OCc2ccc(C)c(F)c2F)CC1. The molecule has 1 unspecified atom stereocenters. The molecule has 1 aliphatic rings. The molecular weight excluding hydrogens is 433 g/mol. The largest absolute Gasteiger partial charge is 0.373 e. The van der Waals surface area contributed by atoms with Gasteiger partial charge in [0.15, 0.2) is 11.6 Å². The predicted molar refractivity (Wildman–Crippen MR) is 108 cm³/mol. The average Bonchev–Trinajstić information content (AvgIpc) is 2.60. The molecule has 0 aliphatic heterocycles. The average molecular weight is 464 g/mol. The van der Waals surface area contributed by atoms with E-state index in [2.05, 4.69) is 29.5 Å². The van der Waals surface area contributed by atoms with Gasteiger partial charge in [0.25, 0.3) is 0 Å². The van der Waals surface area contributed by atoms with Crippen LogP contribution in [0, 0.1) is 24.5 Å². The standard InChI is InChI=1S/C21H31F2IO/c1-3-5-18(24)7-4-6-16-9-12-19(13-10-16)25-14-17-11-8-15(2)20(22)21(17)23/h8,11,16,18-19H,3-7,9-10,12-14H2,1-2H3. The first-order valence-electron chi connectivity index (χ1n) is 9.70. The Kier molecular flexibility index (Phi) is 9.11. The Hall–Kier alpha value is -0.230. The molecule has 0 heterocycles. The van der Waals surface area contributed by atoms with Crippen molar-refractivity contribution in [2.24, 2.45) is 5.92 Å². The van der Waals surface area contributed by atoms with E-state index in [1.54, 1.807) is 19.1 Å². The van der Waals surface area contributed by atoms with Gasteiger partial charge in [-0.05, 0) is 56.9 Å². The number of rotatable bonds is 9. The number of hydrogen-bond donors (Lipinski definition) is 0. The summed E-state index contributed by atoms with van der Waals surface area (Å²) in [6, 6.07) is 3.25. The highest BCUT2D eigenvalue weighted by Gasteiger charge is 2.22. The fourth-order valence-corrected chi connectivity index (χ4v) is 4.74. The van der Waals surface area contributed by atoms with E-state index in [-0.39, 0.29) is 12.7 Å². The van der Waals surface area contributed by atoms with Crippen LogP contribution in [0.15, 0.2) is 12.1 Å². The van der Waals surface area contributed by atoms with Gasteiger partial charge in [-0.3, -0.25) is 0 Å². The molecular formula is C21H31F2IO. The number of benzene rings is 1. The molecule has 0 bridgehead atoms. The minimum Gasteiger partial charge on any atom is -0.373 e. The monoisotopic (exact) mass is 464 g/mol. The minimum absolute atomic E-state index is 0.173. The summed E-state index contributed by atoms with van der Waals surface area (Å²) in [6.45, 7) is 4.00. The number of ether oxygens (including phenoxy) is 1. The highest BCUT2D eigenvalue weighted by atomic mass is 127. The van der Waals surface area contributed by atoms with E-state index in [9.17, 15) is 8.78 Å². The highest BCUT2D eigenvalue weighted by molar-refractivity contribution is 14.1. The molecule has 142 valence electrons. The molecule has 2 rings (SSSR count). The molecule has 0 aromatic heterocycles. The van der Waals surface area contributed by atoms with Crippen molar-refractivity contribution in [1.29, 1.82) is 0 Å². The second-order valence-corrected chi connectivity index (χ2v) is 9.20. The van der Waals surface area contributed by atoms with Gasteiger partial charge < -0.3 is 4.74 Å². The van der Waals surface area contributed by atoms with Crippen molar-refractivity contribution in [3.05, 3.63) is 34.9 Å². The van der Waals surface area contributed by atoms with E-state index in [0.29, 0.717) is 11.1 Å². The van der Waals surface area contributed by atoms with Crippen LogP contribution < -0.4 is 0 Å². The van der Waals surface area contributed by atoms with Crippen LogP contribution in [-0.4, -0.2) is 10.0 Å². The van der Waals surface area contributed by atoms with Gasteiger partial charge in [-0.25, -0.2) is 8.78 Å². The first kappa shape index (κ1) is 21.1. The van der Waals surface area contributed by atoms with Crippen molar-refractivity contribution >= 4 is 22.6 Å². The van der Waals surface area contributed by atoms with E-state index in [4.69, 9.17) is 4.74 Å². The lowest BCUT2D eigenvalue weighted by Gasteiger charge is -2.29. The van der Waals surface area contributed by atoms with E-state index in [0.717, 1.165) is 22.7 Å². The van der Waals surface area contributed by atoms with Crippen molar-refractivity contribution in [3.63, 3.8) is 0 Å². The maximum Gasteiger partial charge on any atom is 0.164 e. The van der Waals surface area contributed by atoms with Gasteiger partial charge in [0.2, 0.25) is 0 Å². The fourth-order valence-electron chi connectivity index (χ4n) is 3.68. The zero-order valence-corrected chi connectivity index (χ0v) is 17.7. The Morgan fingerprint density at radius 3 is 2.52 bits per heavy atom. The summed E-state index contributed by atoms with van der Waals surface area (Å²) in [6.07, 6.45) is 11.3. The lowest BCUT2D eigenvalue weighted by Crippen LogP contribution is -2.22. The first-order valence-corrected chi connectivity index (χ1v) is 10.9. The van der Waals surface area contributed by atoms with Crippen LogP contribution in [0.25, 0.3) is 0 Å². The van der Waals surface area contributed by atoms with E-state index >= 15 is 0 Å². The lowest BCUT2D eigenvalue weighted by atomic mass is 9.84. The normalized spacial score (nSPS) is 22.1. The summed E-state index contributed by atoms with van der Waals surface area (Å²) < 4.78 is 34.2. The molecule has 1 nitrogen and oxygen atoms in total. The molecule has 1 aromatic carbocycles. The van der Waals surface area contributed by atoms with Gasteiger partial charge in [-0.1, -0.05) is 60.9 Å². The summed E-state index contributed by atoms with van der Waals surface area (Å²) in [5.74, 6) is -0.686. The molecule has 4 heteroatoms. The Bertz CT molecular complexity index is 527. The minimum atomic E-state index is -0.755. The molecule has 0 radical (unpaired) electrons. The van der Waals surface area contributed by atoms with Gasteiger partial charge in [0.1, 0.15) is 0 Å². The predicted octanol–water partition coefficient (Wildman–Crippen LogP) is 7.12. The molecule has 0 spiro atoms. The quantitative estimate of drug-likeness (QED) is 0.279. The lowest BCUT2D eigenvalue weighted by molar-refractivity contribution is 0.00480. The van der Waals surface area contributed by atoms with Crippen LogP contribution in [-0.2, 0) is 11.3 Å². The van der Waals surface area contributed by atoms with Gasteiger partial charge in [-0.2, -0.15) is 0 Å². The molecule has 1 atom stereocenters. The van der Waals surface area contributed by atoms with E-state index in [1.165, 1.54) is 44.9 Å². The topological polar surface area (TPSA) is 9.23 Å². The van der Waals surface area contributed by atoms with Crippen LogP contribution in [0.4, 0.5) is 8.78 Å². The number of alkyl halides is 1. The van der Waals surface area contributed by atoms with Gasteiger partial charge >= 0.3 is 0 Å². The second-order valence-electron chi connectivity index (χ2n) is 7.44. The van der Waals surface area contributed by atoms with Gasteiger partial charge in [-0.15, -0.1) is 0 Å². The summed E-state index contributed by atoms with van der Waals surface area (Å²) in [5.41, 5.74) is 0.670. The Balaban J connectivity index is 1.66. The Labute approximate surface area is 165 Å². The second kappa shape index (κ2) is 10.8. The third kappa shape index (κ3) is 6.78. The molecule has 1 aliphatic carbocycles. The molecule has 25 heavy (non-hydrogen) atoms. The zero-order chi connectivity index (χ0) is 18.2. The third-order valence-electron chi connectivity index (χ3n) is 5.36. The maximum absolute atomic E-state index is 13.9. The third-order valence-corrected chi connectivity index (χ3v) is 6.60.